The van der Waals surface area contributed by atoms with E-state index in [0.717, 1.165) is 4.90 Å². The van der Waals surface area contributed by atoms with Gasteiger partial charge in [0.1, 0.15) is 11.5 Å². The third kappa shape index (κ3) is 0.761. The predicted octanol–water partition coefficient (Wildman–Crippen LogP) is 1.13. The van der Waals surface area contributed by atoms with Gasteiger partial charge in [-0.05, 0) is 6.08 Å². The lowest BCUT2D eigenvalue weighted by molar-refractivity contribution is 0.163. The number of aliphatic imine (C=N–C) groups is 1. The number of hydrogen-bond donors (Lipinski definition) is 1. The molecule has 2 heterocycles. The summed E-state index contributed by atoms with van der Waals surface area (Å²) in [7, 11) is 0. The molecule has 0 aliphatic carbocycles. The molecule has 5 heteroatoms. The highest BCUT2D eigenvalue weighted by Crippen LogP contribution is 2.31. The molecule has 0 bridgehead atoms. The van der Waals surface area contributed by atoms with E-state index < -0.39 is 11.9 Å². The number of nitrogens with zero attached hydrogens (tertiary/aromatic N) is 2. The molecule has 0 saturated heterocycles. The van der Waals surface area contributed by atoms with Gasteiger partial charge in [-0.3, -0.25) is 9.89 Å². The highest BCUT2D eigenvalue weighted by Gasteiger charge is 2.32. The number of allylic oxidation sites excluding steroid dienone is 1. The van der Waals surface area contributed by atoms with E-state index in [1.165, 1.54) is 12.3 Å². The van der Waals surface area contributed by atoms with Gasteiger partial charge in [0.15, 0.2) is 0 Å². The van der Waals surface area contributed by atoms with E-state index in [1.807, 2.05) is 0 Å². The van der Waals surface area contributed by atoms with Gasteiger partial charge in [-0.15, -0.1) is 0 Å². The van der Waals surface area contributed by atoms with Crippen molar-refractivity contribution >= 4 is 12.3 Å². The molecule has 0 fully saturated rings. The minimum Gasteiger partial charge on any atom is -0.465 e. The van der Waals surface area contributed by atoms with Crippen LogP contribution in [0.25, 0.3) is 0 Å². The summed E-state index contributed by atoms with van der Waals surface area (Å²) >= 11 is 0. The van der Waals surface area contributed by atoms with Crippen molar-refractivity contribution in [2.45, 2.75) is 0 Å². The lowest BCUT2D eigenvalue weighted by Crippen LogP contribution is -2.25. The Hall–Kier alpha value is -1.65. The summed E-state index contributed by atoms with van der Waals surface area (Å²) < 4.78 is 12.9. The monoisotopic (exact) mass is 168 g/mol. The van der Waals surface area contributed by atoms with Crippen LogP contribution in [0.3, 0.4) is 0 Å². The van der Waals surface area contributed by atoms with Crippen molar-refractivity contribution in [3.05, 3.63) is 23.3 Å². The van der Waals surface area contributed by atoms with Crippen molar-refractivity contribution in [3.8, 4) is 0 Å². The van der Waals surface area contributed by atoms with Crippen molar-refractivity contribution in [1.82, 2.24) is 4.90 Å². The number of fused-ring (bicyclic) bond motifs is 1. The highest BCUT2D eigenvalue weighted by atomic mass is 19.1. The van der Waals surface area contributed by atoms with Crippen molar-refractivity contribution in [1.29, 1.82) is 0 Å². The first-order valence-corrected chi connectivity index (χ1v) is 3.34. The molecule has 1 N–H and O–H groups in total. The maximum atomic E-state index is 12.9. The van der Waals surface area contributed by atoms with Crippen LogP contribution in [-0.4, -0.2) is 28.9 Å². The summed E-state index contributed by atoms with van der Waals surface area (Å²) in [5, 5.41) is 8.61. The second-order valence-corrected chi connectivity index (χ2v) is 2.45. The second kappa shape index (κ2) is 2.17. The molecule has 0 aromatic carbocycles. The van der Waals surface area contributed by atoms with Crippen LogP contribution in [0.5, 0.6) is 0 Å². The van der Waals surface area contributed by atoms with Gasteiger partial charge in [-0.1, -0.05) is 0 Å². The third-order valence-corrected chi connectivity index (χ3v) is 1.75. The standard InChI is InChI=1S/C7H5FN2O2/c8-4-3-10(7(11)12)5-1-2-9-6(4)5/h1-2H,3H2,(H,11,12). The van der Waals surface area contributed by atoms with E-state index in [0.29, 0.717) is 5.70 Å². The normalized spacial score (nSPS) is 20.1. The second-order valence-electron chi connectivity index (χ2n) is 2.45. The molecular weight excluding hydrogens is 163 g/mol. The van der Waals surface area contributed by atoms with E-state index in [4.69, 9.17) is 5.11 Å². The van der Waals surface area contributed by atoms with Crippen LogP contribution in [0.4, 0.5) is 9.18 Å². The summed E-state index contributed by atoms with van der Waals surface area (Å²) in [5.41, 5.74) is 0.484. The van der Waals surface area contributed by atoms with Crippen LogP contribution in [0.15, 0.2) is 28.3 Å². The number of halogens is 1. The van der Waals surface area contributed by atoms with E-state index >= 15 is 0 Å². The number of hydrogen-bond acceptors (Lipinski definition) is 2. The molecule has 0 saturated carbocycles. The number of carbonyl (C=O) groups is 1. The zero-order valence-electron chi connectivity index (χ0n) is 5.99. The van der Waals surface area contributed by atoms with Crippen molar-refractivity contribution in [2.24, 2.45) is 4.99 Å². The van der Waals surface area contributed by atoms with Gasteiger partial charge in [-0.25, -0.2) is 9.18 Å². The fourth-order valence-electron chi connectivity index (χ4n) is 1.22. The first kappa shape index (κ1) is 7.02. The molecule has 62 valence electrons. The largest absolute Gasteiger partial charge is 0.465 e. The van der Waals surface area contributed by atoms with Gasteiger partial charge in [0.25, 0.3) is 0 Å². The fourth-order valence-corrected chi connectivity index (χ4v) is 1.22. The van der Waals surface area contributed by atoms with E-state index in [9.17, 15) is 9.18 Å². The molecule has 0 spiro atoms. The molecule has 0 atom stereocenters. The third-order valence-electron chi connectivity index (χ3n) is 1.75. The van der Waals surface area contributed by atoms with Crippen LogP contribution < -0.4 is 0 Å². The number of carboxylic acid groups (broad SMARTS) is 1. The van der Waals surface area contributed by atoms with Gasteiger partial charge in [0.2, 0.25) is 0 Å². The Kier molecular flexibility index (Phi) is 1.27. The smallest absolute Gasteiger partial charge is 0.412 e. The Bertz CT molecular complexity index is 343. The Morgan fingerprint density at radius 2 is 2.50 bits per heavy atom. The molecule has 4 nitrogen and oxygen atoms in total. The zero-order chi connectivity index (χ0) is 8.72. The SMILES string of the molecule is O=C(O)N1CC(F)=C2N=CC=C21. The van der Waals surface area contributed by atoms with Gasteiger partial charge in [-0.2, -0.15) is 0 Å². The van der Waals surface area contributed by atoms with Crippen LogP contribution >= 0.6 is 0 Å². The summed E-state index contributed by atoms with van der Waals surface area (Å²) in [6.45, 7) is -0.214. The van der Waals surface area contributed by atoms with Crippen molar-refractivity contribution < 1.29 is 14.3 Å². The quantitative estimate of drug-likeness (QED) is 0.589. The Morgan fingerprint density at radius 3 is 3.17 bits per heavy atom. The summed E-state index contributed by atoms with van der Waals surface area (Å²) in [5.74, 6) is -0.489. The highest BCUT2D eigenvalue weighted by molar-refractivity contribution is 5.84. The predicted molar refractivity (Wildman–Crippen MR) is 39.4 cm³/mol. The molecule has 0 aromatic heterocycles. The first-order chi connectivity index (χ1) is 5.70. The minimum absolute atomic E-state index is 0.150. The minimum atomic E-state index is -1.16. The topological polar surface area (TPSA) is 52.9 Å². The lowest BCUT2D eigenvalue weighted by atomic mass is 10.4. The first-order valence-electron chi connectivity index (χ1n) is 3.34. The van der Waals surface area contributed by atoms with E-state index in [-0.39, 0.29) is 12.2 Å². The summed E-state index contributed by atoms with van der Waals surface area (Å²) in [6.07, 6.45) is 1.71. The Morgan fingerprint density at radius 1 is 1.75 bits per heavy atom. The summed E-state index contributed by atoms with van der Waals surface area (Å²) in [4.78, 5) is 15.1. The molecule has 2 aliphatic heterocycles. The maximum absolute atomic E-state index is 12.9. The summed E-state index contributed by atoms with van der Waals surface area (Å²) in [6, 6.07) is 0. The van der Waals surface area contributed by atoms with Crippen molar-refractivity contribution in [2.75, 3.05) is 6.54 Å². The van der Waals surface area contributed by atoms with Crippen LogP contribution in [-0.2, 0) is 0 Å². The molecule has 0 unspecified atom stereocenters. The fraction of sp³-hybridized carbons (Fsp3) is 0.143. The van der Waals surface area contributed by atoms with Crippen LogP contribution in [0.1, 0.15) is 0 Å². The number of rotatable bonds is 0. The molecule has 12 heavy (non-hydrogen) atoms. The van der Waals surface area contributed by atoms with Gasteiger partial charge in [0, 0.05) is 6.21 Å². The molecule has 0 radical (unpaired) electrons. The Balaban J connectivity index is 2.38. The van der Waals surface area contributed by atoms with E-state index in [2.05, 4.69) is 4.99 Å². The van der Waals surface area contributed by atoms with Gasteiger partial charge >= 0.3 is 6.09 Å². The molecule has 1 amide bonds. The van der Waals surface area contributed by atoms with Crippen LogP contribution in [0.2, 0.25) is 0 Å². The van der Waals surface area contributed by atoms with Crippen molar-refractivity contribution in [3.63, 3.8) is 0 Å². The average molecular weight is 168 g/mol. The van der Waals surface area contributed by atoms with Gasteiger partial charge < -0.3 is 5.11 Å². The molecule has 0 aromatic rings. The zero-order valence-corrected chi connectivity index (χ0v) is 5.99. The maximum Gasteiger partial charge on any atom is 0.412 e. The van der Waals surface area contributed by atoms with Gasteiger partial charge in [0.05, 0.1) is 12.2 Å². The number of amides is 1. The average Bonchev–Trinajstić information content (AvgIpc) is 2.53. The van der Waals surface area contributed by atoms with Crippen LogP contribution in [0, 0.1) is 0 Å². The van der Waals surface area contributed by atoms with E-state index in [1.54, 1.807) is 0 Å². The molecule has 2 rings (SSSR count). The molecule has 2 aliphatic rings. The molecular formula is C7H5FN2O2. The Labute approximate surface area is 67.3 Å². The lowest BCUT2D eigenvalue weighted by Gasteiger charge is -2.11.